The molecule has 0 bridgehead atoms. The Bertz CT molecular complexity index is 769. The van der Waals surface area contributed by atoms with Gasteiger partial charge in [-0.2, -0.15) is 5.26 Å². The standard InChI is InChI=1S/C21H24N2O3/c1-4-8-18(17-9-6-5-7-10-17)23-21(24)15(2)26-19-12-11-16(14-22)13-20(19)25-3/h5-7,9-13,15,18H,4,8H2,1-3H3,(H,23,24)/t15-,18-/m0/s1. The number of amides is 1. The van der Waals surface area contributed by atoms with Crippen molar-refractivity contribution < 1.29 is 14.3 Å². The Labute approximate surface area is 154 Å². The van der Waals surface area contributed by atoms with Crippen LogP contribution in [0.4, 0.5) is 0 Å². The molecule has 2 atom stereocenters. The summed E-state index contributed by atoms with van der Waals surface area (Å²) < 4.78 is 11.0. The maximum absolute atomic E-state index is 12.6. The first-order valence-corrected chi connectivity index (χ1v) is 8.69. The summed E-state index contributed by atoms with van der Waals surface area (Å²) in [5.74, 6) is 0.663. The molecule has 1 N–H and O–H groups in total. The van der Waals surface area contributed by atoms with Gasteiger partial charge in [0.25, 0.3) is 5.91 Å². The summed E-state index contributed by atoms with van der Waals surface area (Å²) in [5, 5.41) is 12.0. The van der Waals surface area contributed by atoms with E-state index in [4.69, 9.17) is 14.7 Å². The molecule has 5 heteroatoms. The second kappa shape index (κ2) is 9.47. The normalized spacial score (nSPS) is 12.5. The Kier molecular flexibility index (Phi) is 7.04. The fourth-order valence-corrected chi connectivity index (χ4v) is 2.66. The monoisotopic (exact) mass is 352 g/mol. The molecule has 2 rings (SSSR count). The number of methoxy groups -OCH3 is 1. The van der Waals surface area contributed by atoms with E-state index in [-0.39, 0.29) is 11.9 Å². The third-order valence-corrected chi connectivity index (χ3v) is 4.06. The van der Waals surface area contributed by atoms with Gasteiger partial charge in [-0.3, -0.25) is 4.79 Å². The number of hydrogen-bond donors (Lipinski definition) is 1. The Hall–Kier alpha value is -3.00. The molecule has 5 nitrogen and oxygen atoms in total. The second-order valence-electron chi connectivity index (χ2n) is 6.00. The van der Waals surface area contributed by atoms with E-state index in [9.17, 15) is 4.79 Å². The topological polar surface area (TPSA) is 71.3 Å². The molecule has 0 unspecified atom stereocenters. The number of benzene rings is 2. The van der Waals surface area contributed by atoms with E-state index in [1.165, 1.54) is 7.11 Å². The number of nitrogens with zero attached hydrogens (tertiary/aromatic N) is 1. The quantitative estimate of drug-likeness (QED) is 0.780. The van der Waals surface area contributed by atoms with Gasteiger partial charge in [0.15, 0.2) is 17.6 Å². The van der Waals surface area contributed by atoms with Crippen LogP contribution in [0, 0.1) is 11.3 Å². The minimum Gasteiger partial charge on any atom is -0.493 e. The van der Waals surface area contributed by atoms with Gasteiger partial charge in [-0.15, -0.1) is 0 Å². The first-order chi connectivity index (χ1) is 12.6. The summed E-state index contributed by atoms with van der Waals surface area (Å²) in [7, 11) is 1.50. The Morgan fingerprint density at radius 3 is 2.54 bits per heavy atom. The average molecular weight is 352 g/mol. The number of nitriles is 1. The zero-order valence-electron chi connectivity index (χ0n) is 15.4. The molecule has 2 aromatic rings. The molecule has 0 heterocycles. The van der Waals surface area contributed by atoms with Crippen LogP contribution in [0.5, 0.6) is 11.5 Å². The Morgan fingerprint density at radius 2 is 1.92 bits per heavy atom. The molecular weight excluding hydrogens is 328 g/mol. The third kappa shape index (κ3) is 5.00. The highest BCUT2D eigenvalue weighted by molar-refractivity contribution is 5.81. The first-order valence-electron chi connectivity index (χ1n) is 8.69. The fraction of sp³-hybridized carbons (Fsp3) is 0.333. The van der Waals surface area contributed by atoms with Crippen molar-refractivity contribution in [3.05, 3.63) is 59.7 Å². The number of carbonyl (C=O) groups excluding carboxylic acids is 1. The van der Waals surface area contributed by atoms with Gasteiger partial charge in [0.1, 0.15) is 0 Å². The van der Waals surface area contributed by atoms with Crippen molar-refractivity contribution >= 4 is 5.91 Å². The molecule has 0 aliphatic carbocycles. The predicted octanol–water partition coefficient (Wildman–Crippen LogP) is 3.99. The second-order valence-corrected chi connectivity index (χ2v) is 6.00. The van der Waals surface area contributed by atoms with Crippen LogP contribution < -0.4 is 14.8 Å². The molecule has 0 radical (unpaired) electrons. The highest BCUT2D eigenvalue weighted by Gasteiger charge is 2.21. The average Bonchev–Trinajstić information content (AvgIpc) is 2.68. The van der Waals surface area contributed by atoms with Gasteiger partial charge in [0, 0.05) is 6.07 Å². The molecule has 0 spiro atoms. The van der Waals surface area contributed by atoms with Gasteiger partial charge in [0.2, 0.25) is 0 Å². The molecule has 0 aliphatic heterocycles. The molecule has 1 amide bonds. The van der Waals surface area contributed by atoms with Crippen molar-refractivity contribution in [2.24, 2.45) is 0 Å². The van der Waals surface area contributed by atoms with E-state index < -0.39 is 6.10 Å². The van der Waals surface area contributed by atoms with E-state index in [2.05, 4.69) is 12.2 Å². The van der Waals surface area contributed by atoms with Crippen LogP contribution in [-0.2, 0) is 4.79 Å². The van der Waals surface area contributed by atoms with Gasteiger partial charge in [-0.05, 0) is 31.0 Å². The highest BCUT2D eigenvalue weighted by Crippen LogP contribution is 2.29. The van der Waals surface area contributed by atoms with Crippen LogP contribution in [0.15, 0.2) is 48.5 Å². The van der Waals surface area contributed by atoms with Crippen LogP contribution in [0.2, 0.25) is 0 Å². The summed E-state index contributed by atoms with van der Waals surface area (Å²) >= 11 is 0. The summed E-state index contributed by atoms with van der Waals surface area (Å²) in [5.41, 5.74) is 1.55. The Balaban J connectivity index is 2.08. The molecule has 0 fully saturated rings. The van der Waals surface area contributed by atoms with Crippen molar-refractivity contribution in [1.29, 1.82) is 5.26 Å². The van der Waals surface area contributed by atoms with Gasteiger partial charge in [-0.25, -0.2) is 0 Å². The molecular formula is C21H24N2O3. The van der Waals surface area contributed by atoms with Crippen molar-refractivity contribution in [1.82, 2.24) is 5.32 Å². The predicted molar refractivity (Wildman–Crippen MR) is 100 cm³/mol. The lowest BCUT2D eigenvalue weighted by molar-refractivity contribution is -0.128. The van der Waals surface area contributed by atoms with Crippen LogP contribution in [0.3, 0.4) is 0 Å². The number of nitrogens with one attached hydrogen (secondary N) is 1. The maximum atomic E-state index is 12.6. The van der Waals surface area contributed by atoms with E-state index >= 15 is 0 Å². The van der Waals surface area contributed by atoms with E-state index in [1.807, 2.05) is 36.4 Å². The molecule has 0 saturated heterocycles. The van der Waals surface area contributed by atoms with Crippen LogP contribution in [0.1, 0.15) is 43.9 Å². The maximum Gasteiger partial charge on any atom is 0.261 e. The van der Waals surface area contributed by atoms with Crippen LogP contribution in [-0.4, -0.2) is 19.1 Å². The van der Waals surface area contributed by atoms with Crippen molar-refractivity contribution in [2.75, 3.05) is 7.11 Å². The fourth-order valence-electron chi connectivity index (χ4n) is 2.66. The summed E-state index contributed by atoms with van der Waals surface area (Å²) in [6.07, 6.45) is 1.11. The van der Waals surface area contributed by atoms with Crippen molar-refractivity contribution in [2.45, 2.75) is 38.8 Å². The molecule has 0 aromatic heterocycles. The zero-order chi connectivity index (χ0) is 18.9. The largest absolute Gasteiger partial charge is 0.493 e. The SMILES string of the molecule is CCC[C@H](NC(=O)[C@H](C)Oc1ccc(C#N)cc1OC)c1ccccc1. The van der Waals surface area contributed by atoms with Crippen LogP contribution >= 0.6 is 0 Å². The smallest absolute Gasteiger partial charge is 0.261 e. The highest BCUT2D eigenvalue weighted by atomic mass is 16.5. The van der Waals surface area contributed by atoms with Crippen molar-refractivity contribution in [3.63, 3.8) is 0 Å². The number of carbonyl (C=O) groups is 1. The number of hydrogen-bond acceptors (Lipinski definition) is 4. The third-order valence-electron chi connectivity index (χ3n) is 4.06. The lowest BCUT2D eigenvalue weighted by atomic mass is 10.0. The summed E-state index contributed by atoms with van der Waals surface area (Å²) in [4.78, 5) is 12.6. The Morgan fingerprint density at radius 1 is 1.19 bits per heavy atom. The van der Waals surface area contributed by atoms with Crippen molar-refractivity contribution in [3.8, 4) is 17.6 Å². The lowest BCUT2D eigenvalue weighted by Crippen LogP contribution is -2.38. The lowest BCUT2D eigenvalue weighted by Gasteiger charge is -2.22. The minimum atomic E-state index is -0.695. The zero-order valence-corrected chi connectivity index (χ0v) is 15.4. The summed E-state index contributed by atoms with van der Waals surface area (Å²) in [6, 6.07) is 16.8. The molecule has 2 aromatic carbocycles. The molecule has 136 valence electrons. The van der Waals surface area contributed by atoms with E-state index in [1.54, 1.807) is 25.1 Å². The minimum absolute atomic E-state index is 0.0531. The van der Waals surface area contributed by atoms with Gasteiger partial charge in [-0.1, -0.05) is 43.7 Å². The van der Waals surface area contributed by atoms with Gasteiger partial charge >= 0.3 is 0 Å². The van der Waals surface area contributed by atoms with Crippen LogP contribution in [0.25, 0.3) is 0 Å². The molecule has 0 aliphatic rings. The molecule has 0 saturated carbocycles. The van der Waals surface area contributed by atoms with Gasteiger partial charge < -0.3 is 14.8 Å². The number of rotatable bonds is 8. The van der Waals surface area contributed by atoms with E-state index in [0.29, 0.717) is 17.1 Å². The number of ether oxygens (including phenoxy) is 2. The summed E-state index contributed by atoms with van der Waals surface area (Å²) in [6.45, 7) is 3.78. The van der Waals surface area contributed by atoms with Gasteiger partial charge in [0.05, 0.1) is 24.8 Å². The van der Waals surface area contributed by atoms with E-state index in [0.717, 1.165) is 18.4 Å². The molecule has 26 heavy (non-hydrogen) atoms. The first kappa shape index (κ1) is 19.3.